The first-order valence-electron chi connectivity index (χ1n) is 8.75. The summed E-state index contributed by atoms with van der Waals surface area (Å²) in [5.74, 6) is 1.44. The van der Waals surface area contributed by atoms with Gasteiger partial charge in [0.25, 0.3) is 0 Å². The lowest BCUT2D eigenvalue weighted by atomic mass is 9.89. The molecule has 1 aromatic carbocycles. The van der Waals surface area contributed by atoms with Crippen molar-refractivity contribution in [2.75, 3.05) is 13.1 Å². The smallest absolute Gasteiger partial charge is 0.239 e. The van der Waals surface area contributed by atoms with Crippen LogP contribution in [0.15, 0.2) is 40.9 Å². The summed E-state index contributed by atoms with van der Waals surface area (Å²) in [5.41, 5.74) is 7.34. The van der Waals surface area contributed by atoms with Crippen molar-refractivity contribution in [1.82, 2.24) is 26.5 Å². The van der Waals surface area contributed by atoms with Crippen LogP contribution in [0.25, 0.3) is 11.3 Å². The van der Waals surface area contributed by atoms with Gasteiger partial charge in [-0.1, -0.05) is 30.3 Å². The second-order valence-electron chi connectivity index (χ2n) is 6.69. The average Bonchev–Trinajstić information content (AvgIpc) is 3.30. The van der Waals surface area contributed by atoms with Crippen molar-refractivity contribution in [1.29, 1.82) is 0 Å². The lowest BCUT2D eigenvalue weighted by molar-refractivity contribution is -0.124. The van der Waals surface area contributed by atoms with Crippen molar-refractivity contribution < 1.29 is 9.21 Å². The maximum Gasteiger partial charge on any atom is 0.239 e. The zero-order valence-corrected chi connectivity index (χ0v) is 15.4. The first kappa shape index (κ1) is 18.8. The Bertz CT molecular complexity index is 738. The minimum Gasteiger partial charge on any atom is -0.438 e. The Morgan fingerprint density at radius 1 is 1.31 bits per heavy atom. The lowest BCUT2D eigenvalue weighted by Crippen LogP contribution is -2.49. The predicted octanol–water partition coefficient (Wildman–Crippen LogP) is 1.40. The molecule has 3 heterocycles. The van der Waals surface area contributed by atoms with Crippen LogP contribution < -0.4 is 21.5 Å². The highest BCUT2D eigenvalue weighted by Crippen LogP contribution is 2.24. The fourth-order valence-electron chi connectivity index (χ4n) is 3.56. The number of benzene rings is 1. The number of rotatable bonds is 4. The molecule has 7 nitrogen and oxygen atoms in total. The van der Waals surface area contributed by atoms with E-state index in [-0.39, 0.29) is 36.3 Å². The molecule has 0 aliphatic carbocycles. The number of carbonyl (C=O) groups is 1. The van der Waals surface area contributed by atoms with Crippen LogP contribution in [0, 0.1) is 5.92 Å². The number of oxazole rings is 1. The molecule has 0 bridgehead atoms. The highest BCUT2D eigenvalue weighted by molar-refractivity contribution is 5.85. The summed E-state index contributed by atoms with van der Waals surface area (Å²) >= 11 is 0. The van der Waals surface area contributed by atoms with Crippen molar-refractivity contribution in [2.24, 2.45) is 5.92 Å². The third-order valence-corrected chi connectivity index (χ3v) is 4.97. The van der Waals surface area contributed by atoms with Crippen LogP contribution in [0.2, 0.25) is 0 Å². The van der Waals surface area contributed by atoms with Crippen LogP contribution in [0.3, 0.4) is 0 Å². The minimum atomic E-state index is -0.289. The second kappa shape index (κ2) is 8.18. The van der Waals surface area contributed by atoms with E-state index >= 15 is 0 Å². The first-order valence-corrected chi connectivity index (χ1v) is 8.75. The number of carbonyl (C=O) groups excluding carboxylic acids is 1. The highest BCUT2D eigenvalue weighted by atomic mass is 35.5. The molecule has 2 aromatic rings. The van der Waals surface area contributed by atoms with Gasteiger partial charge in [-0.15, -0.1) is 12.4 Å². The second-order valence-corrected chi connectivity index (χ2v) is 6.69. The molecule has 0 spiro atoms. The third kappa shape index (κ3) is 3.76. The van der Waals surface area contributed by atoms with Crippen LogP contribution in [-0.2, 0) is 4.79 Å². The third-order valence-electron chi connectivity index (χ3n) is 4.97. The number of amides is 1. The Morgan fingerprint density at radius 2 is 2.12 bits per heavy atom. The Hall–Kier alpha value is -1.93. The van der Waals surface area contributed by atoms with Gasteiger partial charge in [0.15, 0.2) is 5.76 Å². The maximum absolute atomic E-state index is 12.6. The normalized spacial score (nSPS) is 25.8. The summed E-state index contributed by atoms with van der Waals surface area (Å²) in [6, 6.07) is 9.62. The molecule has 140 valence electrons. The molecule has 4 N–H and O–H groups in total. The number of hydrazine groups is 1. The summed E-state index contributed by atoms with van der Waals surface area (Å²) < 4.78 is 5.83. The SMILES string of the molecule is CC(NC(=O)C1NNC2CCNCC21)c1ncc(-c2ccccc2)o1.Cl. The Labute approximate surface area is 158 Å². The van der Waals surface area contributed by atoms with Crippen LogP contribution >= 0.6 is 12.4 Å². The van der Waals surface area contributed by atoms with E-state index in [0.29, 0.717) is 17.7 Å². The van der Waals surface area contributed by atoms with Crippen molar-refractivity contribution in [3.8, 4) is 11.3 Å². The Balaban J connectivity index is 0.00000196. The summed E-state index contributed by atoms with van der Waals surface area (Å²) in [6.45, 7) is 3.71. The van der Waals surface area contributed by atoms with Crippen LogP contribution in [0.4, 0.5) is 0 Å². The Morgan fingerprint density at radius 3 is 2.92 bits per heavy atom. The van der Waals surface area contributed by atoms with E-state index in [0.717, 1.165) is 25.1 Å². The minimum absolute atomic E-state index is 0. The molecule has 2 aliphatic heterocycles. The van der Waals surface area contributed by atoms with E-state index in [9.17, 15) is 4.79 Å². The highest BCUT2D eigenvalue weighted by Gasteiger charge is 2.41. The molecule has 0 saturated carbocycles. The fraction of sp³-hybridized carbons (Fsp3) is 0.444. The molecule has 4 atom stereocenters. The summed E-state index contributed by atoms with van der Waals surface area (Å²) in [5, 5.41) is 6.37. The quantitative estimate of drug-likeness (QED) is 0.643. The molecule has 8 heteroatoms. The van der Waals surface area contributed by atoms with E-state index in [1.54, 1.807) is 6.20 Å². The van der Waals surface area contributed by atoms with Gasteiger partial charge < -0.3 is 15.1 Å². The summed E-state index contributed by atoms with van der Waals surface area (Å²) in [4.78, 5) is 17.0. The summed E-state index contributed by atoms with van der Waals surface area (Å²) in [7, 11) is 0. The number of halogens is 1. The fourth-order valence-corrected chi connectivity index (χ4v) is 3.56. The maximum atomic E-state index is 12.6. The molecule has 0 radical (unpaired) electrons. The van der Waals surface area contributed by atoms with Gasteiger partial charge in [0, 0.05) is 24.1 Å². The Kier molecular flexibility index (Phi) is 5.93. The standard InChI is InChI=1S/C18H23N5O2.ClH/c1-11(18-20-10-15(25-18)12-5-3-2-4-6-12)21-17(24)16-13-9-19-8-7-14(13)22-23-16;/h2-6,10-11,13-14,16,19,22-23H,7-9H2,1H3,(H,21,24);1H. The van der Waals surface area contributed by atoms with Gasteiger partial charge in [-0.25, -0.2) is 10.4 Å². The van der Waals surface area contributed by atoms with Crippen LogP contribution in [0.5, 0.6) is 0 Å². The van der Waals surface area contributed by atoms with Gasteiger partial charge in [0.05, 0.1) is 6.20 Å². The zero-order chi connectivity index (χ0) is 17.2. The number of fused-ring (bicyclic) bond motifs is 1. The van der Waals surface area contributed by atoms with E-state index in [2.05, 4.69) is 26.5 Å². The number of nitrogens with zero attached hydrogens (tertiary/aromatic N) is 1. The van der Waals surface area contributed by atoms with Gasteiger partial charge >= 0.3 is 0 Å². The van der Waals surface area contributed by atoms with Crippen molar-refractivity contribution in [3.63, 3.8) is 0 Å². The van der Waals surface area contributed by atoms with Crippen LogP contribution in [0.1, 0.15) is 25.3 Å². The average molecular weight is 378 g/mol. The zero-order valence-electron chi connectivity index (χ0n) is 14.6. The van der Waals surface area contributed by atoms with Crippen LogP contribution in [-0.4, -0.2) is 36.1 Å². The van der Waals surface area contributed by atoms with E-state index in [1.807, 2.05) is 37.3 Å². The number of nitrogens with one attached hydrogen (secondary N) is 4. The first-order chi connectivity index (χ1) is 12.2. The molecular formula is C18H24ClN5O2. The van der Waals surface area contributed by atoms with E-state index in [4.69, 9.17) is 4.42 Å². The van der Waals surface area contributed by atoms with Crippen molar-refractivity contribution in [3.05, 3.63) is 42.4 Å². The monoisotopic (exact) mass is 377 g/mol. The number of aromatic nitrogens is 1. The molecule has 1 amide bonds. The van der Waals surface area contributed by atoms with Crippen molar-refractivity contribution in [2.45, 2.75) is 31.5 Å². The molecule has 26 heavy (non-hydrogen) atoms. The molecule has 2 fully saturated rings. The van der Waals surface area contributed by atoms with Gasteiger partial charge in [-0.05, 0) is 19.9 Å². The molecule has 2 aliphatic rings. The predicted molar refractivity (Wildman–Crippen MR) is 101 cm³/mol. The van der Waals surface area contributed by atoms with Crippen molar-refractivity contribution >= 4 is 18.3 Å². The molecule has 4 unspecified atom stereocenters. The van der Waals surface area contributed by atoms with Gasteiger partial charge in [0.2, 0.25) is 11.8 Å². The molecule has 1 aromatic heterocycles. The van der Waals surface area contributed by atoms with E-state index < -0.39 is 0 Å². The summed E-state index contributed by atoms with van der Waals surface area (Å²) in [6.07, 6.45) is 2.72. The van der Waals surface area contributed by atoms with Gasteiger partial charge in [-0.3, -0.25) is 10.2 Å². The number of piperidine rings is 1. The molecule has 2 saturated heterocycles. The number of hydrogen-bond donors (Lipinski definition) is 4. The molecule has 4 rings (SSSR count). The van der Waals surface area contributed by atoms with Gasteiger partial charge in [-0.2, -0.15) is 0 Å². The topological polar surface area (TPSA) is 91.2 Å². The van der Waals surface area contributed by atoms with E-state index in [1.165, 1.54) is 0 Å². The number of hydrogen-bond acceptors (Lipinski definition) is 6. The molecular weight excluding hydrogens is 354 g/mol. The van der Waals surface area contributed by atoms with Gasteiger partial charge in [0.1, 0.15) is 12.1 Å². The largest absolute Gasteiger partial charge is 0.438 e. The lowest BCUT2D eigenvalue weighted by Gasteiger charge is -2.27.